The third-order valence-electron chi connectivity index (χ3n) is 6.29. The van der Waals surface area contributed by atoms with Gasteiger partial charge in [0, 0.05) is 12.6 Å². The number of halogens is 1. The average molecular weight is 462 g/mol. The van der Waals surface area contributed by atoms with E-state index in [1.165, 1.54) is 24.0 Å². The molecule has 0 spiro atoms. The van der Waals surface area contributed by atoms with Gasteiger partial charge in [-0.2, -0.15) is 4.31 Å². The fourth-order valence-electron chi connectivity index (χ4n) is 4.65. The highest BCUT2D eigenvalue weighted by Crippen LogP contribution is 2.36. The molecule has 0 radical (unpaired) electrons. The largest absolute Gasteiger partial charge is 0.368 e. The summed E-state index contributed by atoms with van der Waals surface area (Å²) in [6.07, 6.45) is 4.53. The monoisotopic (exact) mass is 461 g/mol. The first-order chi connectivity index (χ1) is 15.1. The second-order valence-corrected chi connectivity index (χ2v) is 10.8. The van der Waals surface area contributed by atoms with E-state index in [0.29, 0.717) is 5.92 Å². The number of hydrogen-bond donors (Lipinski definition) is 1. The highest BCUT2D eigenvalue weighted by atomic mass is 32.2. The zero-order valence-electron chi connectivity index (χ0n) is 18.9. The Morgan fingerprint density at radius 2 is 1.59 bits per heavy atom. The van der Waals surface area contributed by atoms with Crippen LogP contribution in [0.5, 0.6) is 0 Å². The lowest BCUT2D eigenvalue weighted by Gasteiger charge is -2.35. The number of carbonyl (C=O) groups excluding carboxylic acids is 1. The molecule has 6 nitrogen and oxygen atoms in total. The van der Waals surface area contributed by atoms with E-state index in [-0.39, 0.29) is 24.3 Å². The fraction of sp³-hybridized carbons (Fsp3) is 0.458. The molecule has 2 aromatic rings. The van der Waals surface area contributed by atoms with Gasteiger partial charge in [0.1, 0.15) is 11.9 Å². The lowest BCUT2D eigenvalue weighted by molar-refractivity contribution is -0.122. The van der Waals surface area contributed by atoms with Crippen molar-refractivity contribution >= 4 is 15.9 Å². The van der Waals surface area contributed by atoms with Crippen molar-refractivity contribution in [2.75, 3.05) is 20.4 Å². The average Bonchev–Trinajstić information content (AvgIpc) is 2.73. The lowest BCUT2D eigenvalue weighted by Crippen LogP contribution is -2.41. The van der Waals surface area contributed by atoms with Crippen molar-refractivity contribution in [3.05, 3.63) is 71.0 Å². The third-order valence-corrected chi connectivity index (χ3v) is 7.57. The minimum Gasteiger partial charge on any atom is -0.368 e. The van der Waals surface area contributed by atoms with Crippen LogP contribution in [0.25, 0.3) is 0 Å². The molecule has 1 atom stereocenters. The number of sulfonamides is 1. The van der Waals surface area contributed by atoms with Crippen molar-refractivity contribution in [3.63, 3.8) is 0 Å². The molecule has 0 saturated heterocycles. The Balaban J connectivity index is 1.67. The van der Waals surface area contributed by atoms with E-state index in [4.69, 9.17) is 5.73 Å². The van der Waals surface area contributed by atoms with Crippen molar-refractivity contribution in [3.8, 4) is 0 Å². The molecule has 1 fully saturated rings. The first-order valence-corrected chi connectivity index (χ1v) is 12.7. The molecular formula is C24H32FN3O3S. The summed E-state index contributed by atoms with van der Waals surface area (Å²) in [6, 6.07) is 13.4. The smallest absolute Gasteiger partial charge is 0.239 e. The Labute approximate surface area is 190 Å². The summed E-state index contributed by atoms with van der Waals surface area (Å²) in [5.74, 6) is -0.372. The number of nitrogens with two attached hydrogens (primary N) is 1. The number of benzene rings is 2. The second-order valence-electron chi connectivity index (χ2n) is 8.88. The van der Waals surface area contributed by atoms with Gasteiger partial charge in [-0.15, -0.1) is 0 Å². The molecule has 3 rings (SSSR count). The van der Waals surface area contributed by atoms with E-state index in [2.05, 4.69) is 0 Å². The Kier molecular flexibility index (Phi) is 7.69. The van der Waals surface area contributed by atoms with Gasteiger partial charge in [-0.05, 0) is 74.5 Å². The first-order valence-electron chi connectivity index (χ1n) is 10.8. The Morgan fingerprint density at radius 3 is 2.06 bits per heavy atom. The van der Waals surface area contributed by atoms with Gasteiger partial charge in [0.2, 0.25) is 15.9 Å². The van der Waals surface area contributed by atoms with Crippen LogP contribution in [-0.2, 0) is 21.4 Å². The van der Waals surface area contributed by atoms with E-state index < -0.39 is 16.1 Å². The lowest BCUT2D eigenvalue weighted by atomic mass is 9.81. The summed E-state index contributed by atoms with van der Waals surface area (Å²) in [6.45, 7) is 0.252. The number of nitrogens with zero attached hydrogens (tertiary/aromatic N) is 2. The summed E-state index contributed by atoms with van der Waals surface area (Å²) in [5, 5.41) is 0. The fourth-order valence-corrected chi connectivity index (χ4v) is 5.79. The second kappa shape index (κ2) is 10.1. The maximum atomic E-state index is 13.2. The number of hydrogen-bond acceptors (Lipinski definition) is 4. The van der Waals surface area contributed by atoms with E-state index in [0.717, 1.165) is 36.8 Å². The van der Waals surface area contributed by atoms with Crippen molar-refractivity contribution < 1.29 is 17.6 Å². The summed E-state index contributed by atoms with van der Waals surface area (Å²) < 4.78 is 39.7. The van der Waals surface area contributed by atoms with E-state index in [9.17, 15) is 17.6 Å². The minimum atomic E-state index is -3.40. The Hall–Kier alpha value is -2.29. The van der Waals surface area contributed by atoms with Gasteiger partial charge < -0.3 is 5.73 Å². The van der Waals surface area contributed by atoms with Crippen LogP contribution in [0.15, 0.2) is 48.5 Å². The van der Waals surface area contributed by atoms with Crippen LogP contribution in [-0.4, -0.2) is 49.9 Å². The van der Waals surface area contributed by atoms with Gasteiger partial charge in [0.05, 0.1) is 6.26 Å². The van der Waals surface area contributed by atoms with Crippen LogP contribution in [0.4, 0.5) is 4.39 Å². The van der Waals surface area contributed by atoms with Crippen molar-refractivity contribution in [2.24, 2.45) is 5.73 Å². The Bertz CT molecular complexity index is 1020. The van der Waals surface area contributed by atoms with Crippen molar-refractivity contribution in [2.45, 2.75) is 50.2 Å². The van der Waals surface area contributed by atoms with E-state index in [1.54, 1.807) is 21.3 Å². The molecule has 2 N–H and O–H groups in total. The zero-order valence-corrected chi connectivity index (χ0v) is 19.7. The summed E-state index contributed by atoms with van der Waals surface area (Å²) in [4.78, 5) is 13.6. The molecule has 0 aliphatic heterocycles. The first kappa shape index (κ1) is 24.4. The molecule has 1 aliphatic carbocycles. The van der Waals surface area contributed by atoms with Gasteiger partial charge in [-0.3, -0.25) is 9.69 Å². The third kappa shape index (κ3) is 5.94. The predicted octanol–water partition coefficient (Wildman–Crippen LogP) is 3.40. The van der Waals surface area contributed by atoms with Gasteiger partial charge >= 0.3 is 0 Å². The summed E-state index contributed by atoms with van der Waals surface area (Å²) in [5.41, 5.74) is 8.37. The topological polar surface area (TPSA) is 83.7 Å². The molecule has 1 saturated carbocycles. The Morgan fingerprint density at radius 1 is 1.03 bits per heavy atom. The van der Waals surface area contributed by atoms with E-state index in [1.807, 2.05) is 38.4 Å². The van der Waals surface area contributed by atoms with Crippen LogP contribution in [0.1, 0.15) is 54.3 Å². The quantitative estimate of drug-likeness (QED) is 0.653. The number of amides is 1. The van der Waals surface area contributed by atoms with Crippen LogP contribution in [0.2, 0.25) is 0 Å². The number of likely N-dealkylation sites (N-methyl/N-ethyl adjacent to an activating group) is 1. The molecule has 174 valence electrons. The number of carbonyl (C=O) groups is 1. The van der Waals surface area contributed by atoms with Gasteiger partial charge in [-0.1, -0.05) is 36.4 Å². The normalized spacial score (nSPS) is 20.4. The summed E-state index contributed by atoms with van der Waals surface area (Å²) >= 11 is 0. The van der Waals surface area contributed by atoms with Gasteiger partial charge in [0.15, 0.2) is 0 Å². The predicted molar refractivity (Wildman–Crippen MR) is 124 cm³/mol. The molecule has 32 heavy (non-hydrogen) atoms. The van der Waals surface area contributed by atoms with Gasteiger partial charge in [0.25, 0.3) is 0 Å². The standard InChI is InChI=1S/C24H32FN3O3S/c1-27(2)23(24(26)29)20-8-6-18(7-9-20)19-10-14-22(15-11-19)28(32(3,30)31)16-17-4-12-21(25)13-5-17/h4-9,12-13,19,22-23H,10-11,14-16H2,1-3H3,(H2,26,29)/t19-,22-,23?. The number of primary amides is 1. The molecule has 0 aromatic heterocycles. The van der Waals surface area contributed by atoms with Gasteiger partial charge in [-0.25, -0.2) is 12.8 Å². The maximum Gasteiger partial charge on any atom is 0.239 e. The molecule has 8 heteroatoms. The molecule has 2 aromatic carbocycles. The number of rotatable bonds is 8. The van der Waals surface area contributed by atoms with Crippen LogP contribution in [0.3, 0.4) is 0 Å². The molecule has 0 heterocycles. The molecular weight excluding hydrogens is 429 g/mol. The minimum absolute atomic E-state index is 0.0708. The maximum absolute atomic E-state index is 13.2. The highest BCUT2D eigenvalue weighted by Gasteiger charge is 2.31. The molecule has 1 aliphatic rings. The van der Waals surface area contributed by atoms with Crippen LogP contribution >= 0.6 is 0 Å². The molecule has 1 amide bonds. The zero-order chi connectivity index (χ0) is 23.5. The highest BCUT2D eigenvalue weighted by molar-refractivity contribution is 7.88. The van der Waals surface area contributed by atoms with Crippen LogP contribution < -0.4 is 5.73 Å². The van der Waals surface area contributed by atoms with Crippen LogP contribution in [0, 0.1) is 5.82 Å². The van der Waals surface area contributed by atoms with Crippen molar-refractivity contribution in [1.82, 2.24) is 9.21 Å². The van der Waals surface area contributed by atoms with Crippen molar-refractivity contribution in [1.29, 1.82) is 0 Å². The molecule has 1 unspecified atom stereocenters. The van der Waals surface area contributed by atoms with E-state index >= 15 is 0 Å². The molecule has 0 bridgehead atoms. The summed E-state index contributed by atoms with van der Waals surface area (Å²) in [7, 11) is 0.252. The SMILES string of the molecule is CN(C)C(C(N)=O)c1ccc([C@H]2CC[C@H](N(Cc3ccc(F)cc3)S(C)(=O)=O)CC2)cc1.